The fourth-order valence-corrected chi connectivity index (χ4v) is 0.285. The standard InChI is InChI=1S/C4H10O3.H3O4P/c1-3(5)7-4(2)6;1-5(2,3)4/h3-6H,1-2H3;(H3,1,2,3,4). The second kappa shape index (κ2) is 6.50. The number of hydrogen-bond donors (Lipinski definition) is 5. The zero-order valence-electron chi connectivity index (χ0n) is 6.65. The summed E-state index contributed by atoms with van der Waals surface area (Å²) in [5, 5.41) is 16.7. The Bertz CT molecular complexity index is 124. The highest BCUT2D eigenvalue weighted by Crippen LogP contribution is 2.25. The van der Waals surface area contributed by atoms with Gasteiger partial charge in [0.15, 0.2) is 12.6 Å². The monoisotopic (exact) mass is 204 g/mol. The molecule has 0 aromatic rings. The van der Waals surface area contributed by atoms with Crippen LogP contribution in [0.25, 0.3) is 0 Å². The van der Waals surface area contributed by atoms with Gasteiger partial charge >= 0.3 is 7.82 Å². The van der Waals surface area contributed by atoms with Crippen LogP contribution in [0.3, 0.4) is 0 Å². The molecule has 0 aromatic carbocycles. The second-order valence-corrected chi connectivity index (χ2v) is 2.87. The highest BCUT2D eigenvalue weighted by Gasteiger charge is 2.00. The quantitative estimate of drug-likeness (QED) is 0.281. The summed E-state index contributed by atoms with van der Waals surface area (Å²) in [5.41, 5.74) is 0. The number of aliphatic hydroxyl groups excluding tert-OH is 2. The van der Waals surface area contributed by atoms with Gasteiger partial charge in [0, 0.05) is 0 Å². The highest BCUT2D eigenvalue weighted by molar-refractivity contribution is 7.45. The van der Waals surface area contributed by atoms with Gasteiger partial charge in [0.1, 0.15) is 0 Å². The van der Waals surface area contributed by atoms with Crippen LogP contribution in [0.4, 0.5) is 0 Å². The molecule has 2 unspecified atom stereocenters. The normalized spacial score (nSPS) is 15.9. The molecule has 2 atom stereocenters. The SMILES string of the molecule is CC(O)OC(C)O.O=P(O)(O)O. The van der Waals surface area contributed by atoms with Crippen molar-refractivity contribution in [1.29, 1.82) is 0 Å². The van der Waals surface area contributed by atoms with Crippen LogP contribution in [-0.4, -0.2) is 37.5 Å². The first-order valence-corrected chi connectivity index (χ1v) is 4.49. The Morgan fingerprint density at radius 3 is 1.25 bits per heavy atom. The molecule has 0 spiro atoms. The van der Waals surface area contributed by atoms with Gasteiger partial charge in [-0.3, -0.25) is 0 Å². The molecular formula is C4H13O7P. The molecule has 76 valence electrons. The first-order chi connectivity index (χ1) is 5.13. The Morgan fingerprint density at radius 2 is 1.25 bits per heavy atom. The lowest BCUT2D eigenvalue weighted by atomic mass is 10.7. The van der Waals surface area contributed by atoms with E-state index in [0.29, 0.717) is 0 Å². The predicted molar refractivity (Wildman–Crippen MR) is 38.7 cm³/mol. The molecule has 0 amide bonds. The summed E-state index contributed by atoms with van der Waals surface area (Å²) in [7, 11) is -4.64. The van der Waals surface area contributed by atoms with Crippen molar-refractivity contribution in [3.8, 4) is 0 Å². The van der Waals surface area contributed by atoms with E-state index >= 15 is 0 Å². The maximum absolute atomic E-state index is 8.88. The van der Waals surface area contributed by atoms with E-state index in [-0.39, 0.29) is 0 Å². The van der Waals surface area contributed by atoms with Crippen LogP contribution in [0.2, 0.25) is 0 Å². The van der Waals surface area contributed by atoms with Gasteiger partial charge < -0.3 is 29.6 Å². The molecular weight excluding hydrogens is 191 g/mol. The Labute approximate surface area is 69.5 Å². The van der Waals surface area contributed by atoms with Crippen molar-refractivity contribution in [1.82, 2.24) is 0 Å². The van der Waals surface area contributed by atoms with E-state index in [9.17, 15) is 0 Å². The fourth-order valence-electron chi connectivity index (χ4n) is 0.285. The van der Waals surface area contributed by atoms with E-state index in [1.165, 1.54) is 13.8 Å². The highest BCUT2D eigenvalue weighted by atomic mass is 31.2. The first-order valence-electron chi connectivity index (χ1n) is 2.93. The van der Waals surface area contributed by atoms with Crippen LogP contribution >= 0.6 is 7.82 Å². The molecule has 0 radical (unpaired) electrons. The van der Waals surface area contributed by atoms with Crippen LogP contribution in [0, 0.1) is 0 Å². The largest absolute Gasteiger partial charge is 0.466 e. The molecule has 0 saturated carbocycles. The van der Waals surface area contributed by atoms with Gasteiger partial charge in [-0.1, -0.05) is 0 Å². The molecule has 0 heterocycles. The molecule has 0 saturated heterocycles. The Hall–Kier alpha value is -0.0100. The third kappa shape index (κ3) is 50.7. The number of hydrogen-bond acceptors (Lipinski definition) is 4. The molecule has 0 aliphatic rings. The summed E-state index contributed by atoms with van der Waals surface area (Å²) in [6, 6.07) is 0. The Morgan fingerprint density at radius 1 is 1.08 bits per heavy atom. The zero-order valence-corrected chi connectivity index (χ0v) is 7.55. The lowest BCUT2D eigenvalue weighted by Crippen LogP contribution is -2.14. The first kappa shape index (κ1) is 14.5. The number of ether oxygens (including phenoxy) is 1. The molecule has 0 aliphatic heterocycles. The summed E-state index contributed by atoms with van der Waals surface area (Å²) in [6.07, 6.45) is -1.75. The molecule has 0 bridgehead atoms. The van der Waals surface area contributed by atoms with Gasteiger partial charge in [-0.25, -0.2) is 4.57 Å². The minimum atomic E-state index is -4.64. The van der Waals surface area contributed by atoms with E-state index in [1.807, 2.05) is 0 Å². The molecule has 0 fully saturated rings. The smallest absolute Gasteiger partial charge is 0.368 e. The van der Waals surface area contributed by atoms with E-state index in [2.05, 4.69) is 4.74 Å². The minimum absolute atomic E-state index is 0.875. The number of phosphoric acid groups is 1. The second-order valence-electron chi connectivity index (χ2n) is 1.85. The van der Waals surface area contributed by atoms with E-state index in [0.717, 1.165) is 0 Å². The van der Waals surface area contributed by atoms with Gasteiger partial charge in [-0.05, 0) is 13.8 Å². The van der Waals surface area contributed by atoms with Crippen molar-refractivity contribution in [2.45, 2.75) is 26.4 Å². The van der Waals surface area contributed by atoms with Crippen molar-refractivity contribution in [3.63, 3.8) is 0 Å². The zero-order chi connectivity index (χ0) is 10.4. The van der Waals surface area contributed by atoms with Crippen LogP contribution < -0.4 is 0 Å². The van der Waals surface area contributed by atoms with Crippen molar-refractivity contribution in [2.24, 2.45) is 0 Å². The topological polar surface area (TPSA) is 127 Å². The van der Waals surface area contributed by atoms with Crippen molar-refractivity contribution < 1.29 is 34.2 Å². The summed E-state index contributed by atoms with van der Waals surface area (Å²) in [5.74, 6) is 0. The summed E-state index contributed by atoms with van der Waals surface area (Å²) in [4.78, 5) is 21.6. The average molecular weight is 204 g/mol. The molecule has 5 N–H and O–H groups in total. The van der Waals surface area contributed by atoms with E-state index in [1.54, 1.807) is 0 Å². The van der Waals surface area contributed by atoms with Crippen molar-refractivity contribution in [2.75, 3.05) is 0 Å². The molecule has 7 nitrogen and oxygen atoms in total. The van der Waals surface area contributed by atoms with Gasteiger partial charge in [0.2, 0.25) is 0 Å². The summed E-state index contributed by atoms with van der Waals surface area (Å²) >= 11 is 0. The maximum Gasteiger partial charge on any atom is 0.466 e. The van der Waals surface area contributed by atoms with Crippen LogP contribution in [0.5, 0.6) is 0 Å². The maximum atomic E-state index is 8.88. The lowest BCUT2D eigenvalue weighted by molar-refractivity contribution is -0.190. The fraction of sp³-hybridized carbons (Fsp3) is 1.00. The number of aliphatic hydroxyl groups is 2. The molecule has 0 rings (SSSR count). The third-order valence-electron chi connectivity index (χ3n) is 0.394. The van der Waals surface area contributed by atoms with Crippen LogP contribution in [0.1, 0.15) is 13.8 Å². The van der Waals surface area contributed by atoms with Crippen molar-refractivity contribution >= 4 is 7.82 Å². The Balaban J connectivity index is 0. The third-order valence-corrected chi connectivity index (χ3v) is 0.394. The summed E-state index contributed by atoms with van der Waals surface area (Å²) in [6.45, 7) is 2.87. The van der Waals surface area contributed by atoms with Gasteiger partial charge in [0.25, 0.3) is 0 Å². The predicted octanol–water partition coefficient (Wildman–Crippen LogP) is -1.25. The van der Waals surface area contributed by atoms with Gasteiger partial charge in [-0.2, -0.15) is 0 Å². The minimum Gasteiger partial charge on any atom is -0.368 e. The van der Waals surface area contributed by atoms with Crippen LogP contribution in [0.15, 0.2) is 0 Å². The average Bonchev–Trinajstić information content (AvgIpc) is 1.52. The molecule has 0 aromatic heterocycles. The summed E-state index contributed by atoms with van der Waals surface area (Å²) < 4.78 is 13.2. The van der Waals surface area contributed by atoms with E-state index < -0.39 is 20.4 Å². The molecule has 0 aliphatic carbocycles. The number of rotatable bonds is 2. The van der Waals surface area contributed by atoms with Gasteiger partial charge in [0.05, 0.1) is 0 Å². The molecule has 8 heteroatoms. The van der Waals surface area contributed by atoms with Gasteiger partial charge in [-0.15, -0.1) is 0 Å². The molecule has 12 heavy (non-hydrogen) atoms. The van der Waals surface area contributed by atoms with Crippen molar-refractivity contribution in [3.05, 3.63) is 0 Å². The van der Waals surface area contributed by atoms with Crippen LogP contribution in [-0.2, 0) is 9.30 Å². The Kier molecular flexibility index (Phi) is 7.86. The van der Waals surface area contributed by atoms with E-state index in [4.69, 9.17) is 29.5 Å². The lowest BCUT2D eigenvalue weighted by Gasteiger charge is -2.07.